The normalized spacial score (nSPS) is 19.4. The van der Waals surface area contributed by atoms with Crippen molar-refractivity contribution in [2.75, 3.05) is 44.8 Å². The molecule has 0 spiro atoms. The van der Waals surface area contributed by atoms with Crippen LogP contribution in [-0.2, 0) is 11.3 Å². The molecule has 10 nitrogen and oxygen atoms in total. The fourth-order valence-corrected chi connectivity index (χ4v) is 5.43. The minimum Gasteiger partial charge on any atom is -0.497 e. The average Bonchev–Trinajstić information content (AvgIpc) is 3.63. The van der Waals surface area contributed by atoms with Gasteiger partial charge < -0.3 is 19.4 Å². The van der Waals surface area contributed by atoms with E-state index < -0.39 is 6.04 Å². The minimum absolute atomic E-state index is 0.0805. The van der Waals surface area contributed by atoms with E-state index in [1.165, 1.54) is 5.69 Å². The lowest BCUT2D eigenvalue weighted by atomic mass is 10.0. The summed E-state index contributed by atoms with van der Waals surface area (Å²) in [5.41, 5.74) is 2.45. The molecule has 0 saturated carbocycles. The van der Waals surface area contributed by atoms with Crippen molar-refractivity contribution in [2.45, 2.75) is 31.5 Å². The van der Waals surface area contributed by atoms with Crippen LogP contribution in [0.4, 0.5) is 5.69 Å². The number of hydrogen-bond donors (Lipinski definition) is 1. The minimum atomic E-state index is -0.395. The number of nitrogens with zero attached hydrogens (tertiary/aromatic N) is 6. The fourth-order valence-electron chi connectivity index (χ4n) is 5.43. The summed E-state index contributed by atoms with van der Waals surface area (Å²) in [4.78, 5) is 21.2. The molecule has 0 aliphatic carbocycles. The highest BCUT2D eigenvalue weighted by Crippen LogP contribution is 2.30. The molecule has 37 heavy (non-hydrogen) atoms. The van der Waals surface area contributed by atoms with Crippen LogP contribution >= 0.6 is 0 Å². The maximum atomic E-state index is 13.5. The van der Waals surface area contributed by atoms with Crippen molar-refractivity contribution in [3.8, 4) is 5.75 Å². The number of tetrazole rings is 1. The van der Waals surface area contributed by atoms with E-state index in [9.17, 15) is 4.79 Å². The highest BCUT2D eigenvalue weighted by Gasteiger charge is 2.33. The van der Waals surface area contributed by atoms with Gasteiger partial charge in [0.1, 0.15) is 11.8 Å². The number of benzene rings is 2. The van der Waals surface area contributed by atoms with Gasteiger partial charge in [0.2, 0.25) is 0 Å². The molecule has 0 bridgehead atoms. The van der Waals surface area contributed by atoms with Crippen LogP contribution in [0.3, 0.4) is 0 Å². The van der Waals surface area contributed by atoms with Gasteiger partial charge in [0, 0.05) is 54.9 Å². The molecule has 0 unspecified atom stereocenters. The Bertz CT molecular complexity index is 1410. The van der Waals surface area contributed by atoms with Gasteiger partial charge in [0.05, 0.1) is 19.8 Å². The van der Waals surface area contributed by atoms with Crippen LogP contribution in [0.1, 0.15) is 30.3 Å². The molecule has 192 valence electrons. The number of piperazine rings is 1. The van der Waals surface area contributed by atoms with E-state index in [4.69, 9.17) is 9.47 Å². The molecule has 10 heteroatoms. The van der Waals surface area contributed by atoms with Crippen molar-refractivity contribution in [3.05, 3.63) is 76.3 Å². The Labute approximate surface area is 214 Å². The summed E-state index contributed by atoms with van der Waals surface area (Å²) in [5, 5.41) is 13.7. The van der Waals surface area contributed by atoms with Crippen molar-refractivity contribution >= 4 is 16.6 Å². The Morgan fingerprint density at radius 1 is 1.11 bits per heavy atom. The number of nitrogens with one attached hydrogen (secondary N) is 1. The Morgan fingerprint density at radius 2 is 1.95 bits per heavy atom. The van der Waals surface area contributed by atoms with E-state index in [1.54, 1.807) is 7.11 Å². The lowest BCUT2D eigenvalue weighted by Gasteiger charge is -2.39. The summed E-state index contributed by atoms with van der Waals surface area (Å²) < 4.78 is 13.1. The molecule has 2 atom stereocenters. The molecule has 0 amide bonds. The van der Waals surface area contributed by atoms with Crippen molar-refractivity contribution < 1.29 is 9.47 Å². The zero-order valence-electron chi connectivity index (χ0n) is 20.9. The third-order valence-corrected chi connectivity index (χ3v) is 7.38. The van der Waals surface area contributed by atoms with Crippen LogP contribution in [0, 0.1) is 0 Å². The highest BCUT2D eigenvalue weighted by atomic mass is 16.5. The number of fused-ring (bicyclic) bond motifs is 1. The molecule has 2 aromatic heterocycles. The van der Waals surface area contributed by atoms with Crippen LogP contribution in [0.25, 0.3) is 10.9 Å². The van der Waals surface area contributed by atoms with Gasteiger partial charge >= 0.3 is 0 Å². The molecule has 2 saturated heterocycles. The van der Waals surface area contributed by atoms with Gasteiger partial charge in [0.25, 0.3) is 5.56 Å². The van der Waals surface area contributed by atoms with Crippen molar-refractivity contribution in [2.24, 2.45) is 0 Å². The van der Waals surface area contributed by atoms with Gasteiger partial charge in [0.15, 0.2) is 5.82 Å². The Balaban J connectivity index is 1.38. The number of hydrogen-bond acceptors (Lipinski definition) is 8. The monoisotopic (exact) mass is 501 g/mol. The molecule has 2 aliphatic rings. The number of aromatic nitrogens is 5. The summed E-state index contributed by atoms with van der Waals surface area (Å²) in [6.07, 6.45) is 2.10. The van der Waals surface area contributed by atoms with E-state index in [2.05, 4.69) is 54.6 Å². The number of methoxy groups -OCH3 is 1. The van der Waals surface area contributed by atoms with Gasteiger partial charge in [-0.15, -0.1) is 5.10 Å². The van der Waals surface area contributed by atoms with E-state index in [1.807, 2.05) is 35.0 Å². The van der Waals surface area contributed by atoms with E-state index >= 15 is 0 Å². The SMILES string of the molecule is COc1ccc2[nH]c(=O)c([C@H](c3nnnn3C[C@@H]3CCCO3)N3CCN(c4ccccc4)CC3)cc2c1. The lowest BCUT2D eigenvalue weighted by Crippen LogP contribution is -2.49. The van der Waals surface area contributed by atoms with E-state index in [-0.39, 0.29) is 11.7 Å². The van der Waals surface area contributed by atoms with Crippen LogP contribution < -0.4 is 15.2 Å². The standard InChI is InChI=1S/C27H31N7O3/c1-36-21-9-10-24-19(16-21)17-23(27(35)28-24)25(26-29-30-31-34(26)18-22-8-5-15-37-22)33-13-11-32(12-14-33)20-6-3-2-4-7-20/h2-4,6-7,9-10,16-17,22,25H,5,8,11-15,18H2,1H3,(H,28,35)/t22-,25+/m0/s1. The van der Waals surface area contributed by atoms with Crippen molar-refractivity contribution in [1.82, 2.24) is 30.1 Å². The van der Waals surface area contributed by atoms with Gasteiger partial charge in [-0.05, 0) is 59.7 Å². The maximum Gasteiger partial charge on any atom is 0.253 e. The summed E-state index contributed by atoms with van der Waals surface area (Å²) in [5.74, 6) is 1.40. The quantitative estimate of drug-likeness (QED) is 0.413. The zero-order chi connectivity index (χ0) is 25.2. The van der Waals surface area contributed by atoms with E-state index in [0.717, 1.165) is 62.3 Å². The molecule has 4 aromatic rings. The summed E-state index contributed by atoms with van der Waals surface area (Å²) in [6, 6.07) is 17.6. The number of pyridine rings is 1. The van der Waals surface area contributed by atoms with Gasteiger partial charge in [-0.1, -0.05) is 18.2 Å². The molecule has 2 aliphatic heterocycles. The number of aromatic amines is 1. The predicted octanol–water partition coefficient (Wildman–Crippen LogP) is 2.61. The summed E-state index contributed by atoms with van der Waals surface area (Å²) >= 11 is 0. The first-order valence-electron chi connectivity index (χ1n) is 12.8. The number of para-hydroxylation sites is 1. The van der Waals surface area contributed by atoms with Crippen LogP contribution in [0.15, 0.2) is 59.4 Å². The molecule has 2 aromatic carbocycles. The van der Waals surface area contributed by atoms with E-state index in [0.29, 0.717) is 17.9 Å². The molecular weight excluding hydrogens is 470 g/mol. The molecule has 2 fully saturated rings. The average molecular weight is 502 g/mol. The first-order valence-corrected chi connectivity index (χ1v) is 12.8. The molecule has 1 N–H and O–H groups in total. The largest absolute Gasteiger partial charge is 0.497 e. The first-order chi connectivity index (χ1) is 18.2. The molecule has 0 radical (unpaired) electrons. The summed E-state index contributed by atoms with van der Waals surface area (Å²) in [6.45, 7) is 4.55. The second-order valence-electron chi connectivity index (χ2n) is 9.62. The third-order valence-electron chi connectivity index (χ3n) is 7.38. The Kier molecular flexibility index (Phi) is 6.58. The zero-order valence-corrected chi connectivity index (χ0v) is 20.9. The van der Waals surface area contributed by atoms with Gasteiger partial charge in [-0.2, -0.15) is 0 Å². The number of rotatable bonds is 7. The topological polar surface area (TPSA) is 101 Å². The highest BCUT2D eigenvalue weighted by molar-refractivity contribution is 5.80. The summed E-state index contributed by atoms with van der Waals surface area (Å²) in [7, 11) is 1.64. The molecule has 4 heterocycles. The lowest BCUT2D eigenvalue weighted by molar-refractivity contribution is 0.0906. The van der Waals surface area contributed by atoms with Crippen LogP contribution in [0.2, 0.25) is 0 Å². The second-order valence-corrected chi connectivity index (χ2v) is 9.62. The first kappa shape index (κ1) is 23.6. The van der Waals surface area contributed by atoms with Crippen molar-refractivity contribution in [3.63, 3.8) is 0 Å². The van der Waals surface area contributed by atoms with Crippen molar-refractivity contribution in [1.29, 1.82) is 0 Å². The maximum absolute atomic E-state index is 13.5. The third kappa shape index (κ3) is 4.82. The Morgan fingerprint density at radius 3 is 2.70 bits per heavy atom. The smallest absolute Gasteiger partial charge is 0.253 e. The number of anilines is 1. The van der Waals surface area contributed by atoms with Crippen LogP contribution in [0.5, 0.6) is 5.75 Å². The van der Waals surface area contributed by atoms with Gasteiger partial charge in [-0.3, -0.25) is 9.69 Å². The number of ether oxygens (including phenoxy) is 2. The fraction of sp³-hybridized carbons (Fsp3) is 0.407. The Hall–Kier alpha value is -3.76. The molecular formula is C27H31N7O3. The van der Waals surface area contributed by atoms with Crippen LogP contribution in [-0.4, -0.2) is 76.1 Å². The van der Waals surface area contributed by atoms with Gasteiger partial charge in [-0.25, -0.2) is 4.68 Å². The predicted molar refractivity (Wildman–Crippen MR) is 140 cm³/mol. The second kappa shape index (κ2) is 10.3. The number of H-pyrrole nitrogens is 1. The molecule has 6 rings (SSSR count).